The van der Waals surface area contributed by atoms with Crippen LogP contribution in [-0.2, 0) is 27.9 Å². The van der Waals surface area contributed by atoms with Crippen LogP contribution in [0.1, 0.15) is 11.1 Å². The number of rotatable bonds is 8. The van der Waals surface area contributed by atoms with Gasteiger partial charge in [0.15, 0.2) is 0 Å². The highest BCUT2D eigenvalue weighted by molar-refractivity contribution is 7.89. The normalized spacial score (nSPS) is 11.4. The molecule has 0 spiro atoms. The van der Waals surface area contributed by atoms with Gasteiger partial charge in [-0.2, -0.15) is 4.31 Å². The molecule has 0 atom stereocenters. The number of amides is 1. The SMILES string of the molecule is O=C(CN(Cc1cccc(Cl)c1)S(=O)(=O)c1ccccc1)NCc1ccc(Cl)cc1. The van der Waals surface area contributed by atoms with E-state index < -0.39 is 15.9 Å². The summed E-state index contributed by atoms with van der Waals surface area (Å²) in [5.74, 6) is -0.411. The number of carbonyl (C=O) groups is 1. The summed E-state index contributed by atoms with van der Waals surface area (Å²) in [5.41, 5.74) is 1.55. The Hall–Kier alpha value is -2.38. The monoisotopic (exact) mass is 462 g/mol. The van der Waals surface area contributed by atoms with Gasteiger partial charge < -0.3 is 5.32 Å². The van der Waals surface area contributed by atoms with Crippen molar-refractivity contribution >= 4 is 39.1 Å². The van der Waals surface area contributed by atoms with Crippen LogP contribution in [-0.4, -0.2) is 25.2 Å². The van der Waals surface area contributed by atoms with Gasteiger partial charge >= 0.3 is 0 Å². The number of sulfonamides is 1. The van der Waals surface area contributed by atoms with Gasteiger partial charge in [-0.15, -0.1) is 0 Å². The summed E-state index contributed by atoms with van der Waals surface area (Å²) in [5, 5.41) is 3.86. The van der Waals surface area contributed by atoms with Gasteiger partial charge in [0, 0.05) is 23.1 Å². The molecule has 30 heavy (non-hydrogen) atoms. The summed E-state index contributed by atoms with van der Waals surface area (Å²) >= 11 is 11.9. The third kappa shape index (κ3) is 6.06. The van der Waals surface area contributed by atoms with E-state index in [0.717, 1.165) is 9.87 Å². The standard InChI is InChI=1S/C22H20Cl2N2O3S/c23-19-11-9-17(10-12-19)14-25-22(27)16-26(15-18-5-4-6-20(24)13-18)30(28,29)21-7-2-1-3-8-21/h1-13H,14-16H2,(H,25,27). The van der Waals surface area contributed by atoms with E-state index in [1.807, 2.05) is 0 Å². The van der Waals surface area contributed by atoms with E-state index in [2.05, 4.69) is 5.32 Å². The van der Waals surface area contributed by atoms with Gasteiger partial charge in [0.1, 0.15) is 0 Å². The Morgan fingerprint density at radius 3 is 2.20 bits per heavy atom. The number of hydrogen-bond acceptors (Lipinski definition) is 3. The van der Waals surface area contributed by atoms with Crippen LogP contribution in [0, 0.1) is 0 Å². The molecule has 0 saturated heterocycles. The first-order valence-corrected chi connectivity index (χ1v) is 11.3. The van der Waals surface area contributed by atoms with E-state index in [1.54, 1.807) is 66.7 Å². The van der Waals surface area contributed by atoms with Gasteiger partial charge in [-0.3, -0.25) is 4.79 Å². The number of hydrogen-bond donors (Lipinski definition) is 1. The zero-order valence-electron chi connectivity index (χ0n) is 16.0. The van der Waals surface area contributed by atoms with Crippen LogP contribution in [0.5, 0.6) is 0 Å². The van der Waals surface area contributed by atoms with Crippen LogP contribution in [0.3, 0.4) is 0 Å². The van der Waals surface area contributed by atoms with Crippen molar-refractivity contribution in [2.75, 3.05) is 6.54 Å². The Kier molecular flexibility index (Phi) is 7.50. The van der Waals surface area contributed by atoms with Gasteiger partial charge in [-0.25, -0.2) is 8.42 Å². The molecule has 0 unspecified atom stereocenters. The first-order valence-electron chi connectivity index (χ1n) is 9.15. The maximum atomic E-state index is 13.2. The summed E-state index contributed by atoms with van der Waals surface area (Å²) in [6, 6.07) is 22.0. The van der Waals surface area contributed by atoms with Crippen LogP contribution in [0.2, 0.25) is 10.0 Å². The van der Waals surface area contributed by atoms with Crippen molar-refractivity contribution in [3.05, 3.63) is 100 Å². The van der Waals surface area contributed by atoms with Gasteiger partial charge in [0.25, 0.3) is 0 Å². The second kappa shape index (κ2) is 10.1. The highest BCUT2D eigenvalue weighted by atomic mass is 35.5. The van der Waals surface area contributed by atoms with Crippen LogP contribution in [0.4, 0.5) is 0 Å². The lowest BCUT2D eigenvalue weighted by Gasteiger charge is -2.22. The Balaban J connectivity index is 1.78. The molecule has 156 valence electrons. The summed E-state index contributed by atoms with van der Waals surface area (Å²) < 4.78 is 27.5. The predicted molar refractivity (Wildman–Crippen MR) is 119 cm³/mol. The molecule has 8 heteroatoms. The fourth-order valence-corrected chi connectivity index (χ4v) is 4.57. The highest BCUT2D eigenvalue weighted by Gasteiger charge is 2.26. The van der Waals surface area contributed by atoms with E-state index >= 15 is 0 Å². The Bertz CT molecular complexity index is 1100. The number of nitrogens with zero attached hydrogens (tertiary/aromatic N) is 1. The first kappa shape index (κ1) is 22.3. The first-order chi connectivity index (χ1) is 14.3. The van der Waals surface area contributed by atoms with Crippen molar-refractivity contribution in [2.45, 2.75) is 18.0 Å². The van der Waals surface area contributed by atoms with Crippen molar-refractivity contribution in [3.63, 3.8) is 0 Å². The summed E-state index contributed by atoms with van der Waals surface area (Å²) in [7, 11) is -3.88. The Morgan fingerprint density at radius 2 is 1.53 bits per heavy atom. The molecule has 0 aromatic heterocycles. The van der Waals surface area contributed by atoms with Gasteiger partial charge in [0.2, 0.25) is 15.9 Å². The number of benzene rings is 3. The molecule has 0 aliphatic rings. The summed E-state index contributed by atoms with van der Waals surface area (Å²) in [4.78, 5) is 12.7. The number of carbonyl (C=O) groups excluding carboxylic acids is 1. The topological polar surface area (TPSA) is 66.5 Å². The average molecular weight is 463 g/mol. The maximum Gasteiger partial charge on any atom is 0.243 e. The van der Waals surface area contributed by atoms with Gasteiger partial charge in [-0.05, 0) is 47.5 Å². The lowest BCUT2D eigenvalue weighted by molar-refractivity contribution is -0.121. The highest BCUT2D eigenvalue weighted by Crippen LogP contribution is 2.20. The molecule has 3 rings (SSSR count). The van der Waals surface area contributed by atoms with E-state index in [4.69, 9.17) is 23.2 Å². The van der Waals surface area contributed by atoms with Crippen molar-refractivity contribution in [1.29, 1.82) is 0 Å². The molecule has 0 saturated carbocycles. The molecular weight excluding hydrogens is 443 g/mol. The molecule has 0 fully saturated rings. The van der Waals surface area contributed by atoms with Crippen LogP contribution in [0.25, 0.3) is 0 Å². The minimum Gasteiger partial charge on any atom is -0.351 e. The van der Waals surface area contributed by atoms with E-state index in [9.17, 15) is 13.2 Å². The lowest BCUT2D eigenvalue weighted by atomic mass is 10.2. The molecule has 0 aliphatic carbocycles. The predicted octanol–water partition coefficient (Wildman–Crippen LogP) is 4.50. The van der Waals surface area contributed by atoms with Crippen LogP contribution < -0.4 is 5.32 Å². The summed E-state index contributed by atoms with van der Waals surface area (Å²) in [6.45, 7) is -0.0319. The fraction of sp³-hybridized carbons (Fsp3) is 0.136. The zero-order chi connectivity index (χ0) is 21.6. The van der Waals surface area contributed by atoms with E-state index in [0.29, 0.717) is 15.6 Å². The Morgan fingerprint density at radius 1 is 0.833 bits per heavy atom. The van der Waals surface area contributed by atoms with E-state index in [-0.39, 0.29) is 24.5 Å². The quantitative estimate of drug-likeness (QED) is 0.535. The van der Waals surface area contributed by atoms with Gasteiger partial charge in [-0.1, -0.05) is 65.7 Å². The van der Waals surface area contributed by atoms with Crippen LogP contribution in [0.15, 0.2) is 83.8 Å². The minimum atomic E-state index is -3.88. The largest absolute Gasteiger partial charge is 0.351 e. The molecule has 1 N–H and O–H groups in total. The van der Waals surface area contributed by atoms with Crippen molar-refractivity contribution < 1.29 is 13.2 Å². The number of nitrogens with one attached hydrogen (secondary N) is 1. The third-order valence-corrected chi connectivity index (χ3v) is 6.64. The number of halogens is 2. The lowest BCUT2D eigenvalue weighted by Crippen LogP contribution is -2.40. The molecular formula is C22H20Cl2N2O3S. The van der Waals surface area contributed by atoms with E-state index in [1.165, 1.54) is 12.1 Å². The Labute approximate surface area is 186 Å². The second-order valence-corrected chi connectivity index (χ2v) is 9.43. The molecule has 0 aliphatic heterocycles. The molecule has 3 aromatic carbocycles. The molecule has 5 nitrogen and oxygen atoms in total. The molecule has 1 amide bonds. The van der Waals surface area contributed by atoms with Crippen molar-refractivity contribution in [2.24, 2.45) is 0 Å². The molecule has 0 radical (unpaired) electrons. The third-order valence-electron chi connectivity index (χ3n) is 4.35. The molecule has 0 bridgehead atoms. The van der Waals surface area contributed by atoms with Crippen molar-refractivity contribution in [3.8, 4) is 0 Å². The molecule has 0 heterocycles. The van der Waals surface area contributed by atoms with Crippen molar-refractivity contribution in [1.82, 2.24) is 9.62 Å². The average Bonchev–Trinajstić information content (AvgIpc) is 2.73. The maximum absolute atomic E-state index is 13.2. The van der Waals surface area contributed by atoms with Gasteiger partial charge in [0.05, 0.1) is 11.4 Å². The fourth-order valence-electron chi connectivity index (χ4n) is 2.83. The second-order valence-electron chi connectivity index (χ2n) is 6.62. The smallest absolute Gasteiger partial charge is 0.243 e. The molecule has 3 aromatic rings. The summed E-state index contributed by atoms with van der Waals surface area (Å²) in [6.07, 6.45) is 0. The minimum absolute atomic E-state index is 0.0200. The van der Waals surface area contributed by atoms with Crippen LogP contribution >= 0.6 is 23.2 Å². The zero-order valence-corrected chi connectivity index (χ0v) is 18.3.